The highest BCUT2D eigenvalue weighted by Gasteiger charge is 2.17. The van der Waals surface area contributed by atoms with Gasteiger partial charge in [-0.1, -0.05) is 6.07 Å². The molecular weight excluding hydrogens is 321 g/mol. The van der Waals surface area contributed by atoms with Crippen LogP contribution in [0.1, 0.15) is 5.69 Å². The molecular formula is C15H12FN3O3S. The highest BCUT2D eigenvalue weighted by atomic mass is 32.2. The first-order chi connectivity index (χ1) is 11.1. The normalized spacial score (nSPS) is 11.5. The maximum atomic E-state index is 13.2. The lowest BCUT2D eigenvalue weighted by molar-refractivity contribution is 0.572. The number of halogens is 1. The standard InChI is InChI=1S/C15H12FN3O3S/c16-11-3-1-4-12(9-11)23(20,21)19-10-13-15(18-7-6-17-13)14-5-2-8-22-14/h1-9,19H,10H2. The summed E-state index contributed by atoms with van der Waals surface area (Å²) in [6.07, 6.45) is 4.44. The summed E-state index contributed by atoms with van der Waals surface area (Å²) >= 11 is 0. The molecule has 0 bridgehead atoms. The second-order valence-electron chi connectivity index (χ2n) is 4.61. The molecule has 3 rings (SSSR count). The Morgan fingerprint density at radius 2 is 1.96 bits per heavy atom. The summed E-state index contributed by atoms with van der Waals surface area (Å²) in [4.78, 5) is 8.13. The van der Waals surface area contributed by atoms with Gasteiger partial charge in [0.15, 0.2) is 5.76 Å². The summed E-state index contributed by atoms with van der Waals surface area (Å²) < 4.78 is 45.2. The Hall–Kier alpha value is -2.58. The number of nitrogens with zero attached hydrogens (tertiary/aromatic N) is 2. The van der Waals surface area contributed by atoms with Crippen LogP contribution >= 0.6 is 0 Å². The van der Waals surface area contributed by atoms with E-state index < -0.39 is 15.8 Å². The second-order valence-corrected chi connectivity index (χ2v) is 6.38. The van der Waals surface area contributed by atoms with Gasteiger partial charge < -0.3 is 4.42 Å². The minimum absolute atomic E-state index is 0.0945. The largest absolute Gasteiger partial charge is 0.463 e. The predicted molar refractivity (Wildman–Crippen MR) is 80.2 cm³/mol. The molecule has 0 fully saturated rings. The van der Waals surface area contributed by atoms with Crippen molar-refractivity contribution in [1.29, 1.82) is 0 Å². The topological polar surface area (TPSA) is 85.1 Å². The van der Waals surface area contributed by atoms with Crippen molar-refractivity contribution in [1.82, 2.24) is 14.7 Å². The Morgan fingerprint density at radius 3 is 2.70 bits per heavy atom. The van der Waals surface area contributed by atoms with E-state index in [1.807, 2.05) is 0 Å². The number of aromatic nitrogens is 2. The first-order valence-electron chi connectivity index (χ1n) is 6.65. The third-order valence-corrected chi connectivity index (χ3v) is 4.46. The molecule has 2 aromatic heterocycles. The van der Waals surface area contributed by atoms with E-state index in [4.69, 9.17) is 4.42 Å². The van der Waals surface area contributed by atoms with Gasteiger partial charge >= 0.3 is 0 Å². The molecule has 1 N–H and O–H groups in total. The minimum atomic E-state index is -3.85. The Balaban J connectivity index is 1.84. The van der Waals surface area contributed by atoms with Crippen molar-refractivity contribution < 1.29 is 17.2 Å². The molecule has 0 saturated carbocycles. The molecule has 0 spiro atoms. The van der Waals surface area contributed by atoms with Gasteiger partial charge in [0.25, 0.3) is 0 Å². The summed E-state index contributed by atoms with van der Waals surface area (Å²) in [7, 11) is -3.85. The predicted octanol–water partition coefficient (Wildman–Crippen LogP) is 2.35. The molecule has 23 heavy (non-hydrogen) atoms. The smallest absolute Gasteiger partial charge is 0.241 e. The van der Waals surface area contributed by atoms with Gasteiger partial charge in [-0.15, -0.1) is 0 Å². The lowest BCUT2D eigenvalue weighted by atomic mass is 10.2. The first-order valence-corrected chi connectivity index (χ1v) is 8.13. The van der Waals surface area contributed by atoms with Crippen LogP contribution in [0.3, 0.4) is 0 Å². The molecule has 6 nitrogen and oxygen atoms in total. The Kier molecular flexibility index (Phi) is 4.18. The Morgan fingerprint density at radius 1 is 1.13 bits per heavy atom. The maximum Gasteiger partial charge on any atom is 0.241 e. The lowest BCUT2D eigenvalue weighted by Crippen LogP contribution is -2.24. The van der Waals surface area contributed by atoms with Crippen molar-refractivity contribution in [2.24, 2.45) is 0 Å². The number of hydrogen-bond donors (Lipinski definition) is 1. The summed E-state index contributed by atoms with van der Waals surface area (Å²) in [6, 6.07) is 8.18. The van der Waals surface area contributed by atoms with Crippen LogP contribution in [0.2, 0.25) is 0 Å². The van der Waals surface area contributed by atoms with Gasteiger partial charge in [0.2, 0.25) is 10.0 Å². The van der Waals surface area contributed by atoms with Crippen molar-refractivity contribution in [3.05, 3.63) is 66.6 Å². The van der Waals surface area contributed by atoms with Crippen molar-refractivity contribution in [3.63, 3.8) is 0 Å². The van der Waals surface area contributed by atoms with Crippen molar-refractivity contribution >= 4 is 10.0 Å². The molecule has 2 heterocycles. The molecule has 0 saturated heterocycles. The van der Waals surface area contributed by atoms with Gasteiger partial charge in [-0.2, -0.15) is 0 Å². The third kappa shape index (κ3) is 3.43. The molecule has 118 valence electrons. The van der Waals surface area contributed by atoms with E-state index >= 15 is 0 Å². The van der Waals surface area contributed by atoms with E-state index in [0.717, 1.165) is 6.07 Å². The zero-order chi connectivity index (χ0) is 16.3. The molecule has 8 heteroatoms. The number of nitrogens with one attached hydrogen (secondary N) is 1. The summed E-state index contributed by atoms with van der Waals surface area (Å²) in [5.74, 6) is -0.137. The summed E-state index contributed by atoms with van der Waals surface area (Å²) in [5.41, 5.74) is 0.849. The number of hydrogen-bond acceptors (Lipinski definition) is 5. The fourth-order valence-electron chi connectivity index (χ4n) is 2.00. The van der Waals surface area contributed by atoms with Gasteiger partial charge in [0.1, 0.15) is 11.5 Å². The highest BCUT2D eigenvalue weighted by molar-refractivity contribution is 7.89. The molecule has 0 unspecified atom stereocenters. The average Bonchev–Trinajstić information content (AvgIpc) is 3.08. The van der Waals surface area contributed by atoms with Gasteiger partial charge in [0, 0.05) is 12.4 Å². The molecule has 0 aliphatic carbocycles. The Bertz CT molecular complexity index is 911. The molecule has 0 atom stereocenters. The second kappa shape index (κ2) is 6.27. The fraction of sp³-hybridized carbons (Fsp3) is 0.0667. The molecule has 0 aliphatic heterocycles. The monoisotopic (exact) mass is 333 g/mol. The van der Waals surface area contributed by atoms with Crippen LogP contribution in [0.25, 0.3) is 11.5 Å². The number of rotatable bonds is 5. The minimum Gasteiger partial charge on any atom is -0.463 e. The van der Waals surface area contributed by atoms with Gasteiger partial charge in [-0.05, 0) is 30.3 Å². The van der Waals surface area contributed by atoms with Gasteiger partial charge in [-0.3, -0.25) is 4.98 Å². The van der Waals surface area contributed by atoms with Crippen LogP contribution in [0.4, 0.5) is 4.39 Å². The number of benzene rings is 1. The van der Waals surface area contributed by atoms with Crippen LogP contribution in [-0.4, -0.2) is 18.4 Å². The van der Waals surface area contributed by atoms with Crippen molar-refractivity contribution in [2.45, 2.75) is 11.4 Å². The van der Waals surface area contributed by atoms with Crippen LogP contribution in [0.5, 0.6) is 0 Å². The number of furan rings is 1. The van der Waals surface area contributed by atoms with Gasteiger partial charge in [0.05, 0.1) is 23.4 Å². The van der Waals surface area contributed by atoms with E-state index in [-0.39, 0.29) is 11.4 Å². The summed E-state index contributed by atoms with van der Waals surface area (Å²) in [6.45, 7) is -0.0945. The lowest BCUT2D eigenvalue weighted by Gasteiger charge is -2.08. The maximum absolute atomic E-state index is 13.2. The zero-order valence-electron chi connectivity index (χ0n) is 11.8. The van der Waals surface area contributed by atoms with Crippen LogP contribution in [0.15, 0.2) is 64.4 Å². The molecule has 3 aromatic rings. The highest BCUT2D eigenvalue weighted by Crippen LogP contribution is 2.20. The van der Waals surface area contributed by atoms with Crippen LogP contribution in [0, 0.1) is 5.82 Å². The van der Waals surface area contributed by atoms with E-state index in [2.05, 4.69) is 14.7 Å². The van der Waals surface area contributed by atoms with Crippen molar-refractivity contribution in [2.75, 3.05) is 0 Å². The molecule has 0 amide bonds. The SMILES string of the molecule is O=S(=O)(NCc1nccnc1-c1ccco1)c1cccc(F)c1. The Labute approximate surface area is 132 Å². The first kappa shape index (κ1) is 15.3. The van der Waals surface area contributed by atoms with E-state index in [1.54, 1.807) is 12.1 Å². The van der Waals surface area contributed by atoms with E-state index in [1.165, 1.54) is 36.9 Å². The van der Waals surface area contributed by atoms with Crippen LogP contribution in [-0.2, 0) is 16.6 Å². The van der Waals surface area contributed by atoms with Crippen molar-refractivity contribution in [3.8, 4) is 11.5 Å². The summed E-state index contributed by atoms with van der Waals surface area (Å²) in [5, 5.41) is 0. The zero-order valence-corrected chi connectivity index (χ0v) is 12.6. The molecule has 0 radical (unpaired) electrons. The van der Waals surface area contributed by atoms with E-state index in [9.17, 15) is 12.8 Å². The molecule has 0 aliphatic rings. The van der Waals surface area contributed by atoms with Crippen LogP contribution < -0.4 is 4.72 Å². The average molecular weight is 333 g/mol. The van der Waals surface area contributed by atoms with E-state index in [0.29, 0.717) is 17.1 Å². The molecule has 1 aromatic carbocycles. The fourth-order valence-corrected chi connectivity index (χ4v) is 3.02. The quantitative estimate of drug-likeness (QED) is 0.775. The third-order valence-electron chi connectivity index (χ3n) is 3.06. The number of sulfonamides is 1. The van der Waals surface area contributed by atoms with Gasteiger partial charge in [-0.25, -0.2) is 22.5 Å².